The van der Waals surface area contributed by atoms with E-state index >= 15 is 0 Å². The Balaban J connectivity index is 1.33. The number of aryl methyl sites for hydroxylation is 1. The summed E-state index contributed by atoms with van der Waals surface area (Å²) >= 11 is 4.79. The van der Waals surface area contributed by atoms with Crippen molar-refractivity contribution in [1.29, 1.82) is 0 Å². The first kappa shape index (κ1) is 31.3. The first-order valence-corrected chi connectivity index (χ1v) is 15.4. The number of morpholine rings is 1. The molecular weight excluding hydrogens is 574 g/mol. The molecule has 0 bridgehead atoms. The summed E-state index contributed by atoms with van der Waals surface area (Å²) in [5.74, 6) is -0.0193. The van der Waals surface area contributed by atoms with Crippen molar-refractivity contribution in [2.75, 3.05) is 19.0 Å². The molecule has 2 amide bonds. The lowest BCUT2D eigenvalue weighted by molar-refractivity contribution is -0.118. The maximum atomic E-state index is 14.0. The molecule has 230 valence electrons. The van der Waals surface area contributed by atoms with Gasteiger partial charge in [-0.3, -0.25) is 4.79 Å². The number of rotatable bonds is 11. The van der Waals surface area contributed by atoms with E-state index in [9.17, 15) is 9.59 Å². The van der Waals surface area contributed by atoms with Crippen LogP contribution in [0, 0.1) is 0 Å². The van der Waals surface area contributed by atoms with E-state index in [1.165, 1.54) is 7.11 Å². The van der Waals surface area contributed by atoms with Gasteiger partial charge in [-0.2, -0.15) is 12.6 Å². The average molecular weight is 614 g/mol. The molecule has 3 aromatic carbocycles. The second-order valence-electron chi connectivity index (χ2n) is 10.9. The summed E-state index contributed by atoms with van der Waals surface area (Å²) < 4.78 is 11.4. The number of alkyl carbamates (subject to hydrolysis) is 1. The molecule has 0 aliphatic carbocycles. The molecule has 0 saturated carbocycles. The predicted molar refractivity (Wildman–Crippen MR) is 174 cm³/mol. The standard InChI is InChI=1S/C34H39N5O4S/c1-22-30(31(44)32-35-19-20-36-32)43-26(21-37-22)18-17-23-11-9-10-16-27(23)38-33(40)29(39-34(41)42-2)28(24-12-5-3-6-13-24)25-14-7-4-8-15-25/h3-16,19-20,22,26,28-31,37,44H,17-18,21H2,1-2H3,(H,35,36)(H,38,40)(H,39,41)/t22-,26-,29+,30+,31?/m1/s1. The number of aromatic nitrogens is 2. The zero-order valence-corrected chi connectivity index (χ0v) is 25.7. The van der Waals surface area contributed by atoms with Crippen LogP contribution >= 0.6 is 12.6 Å². The predicted octanol–water partition coefficient (Wildman–Crippen LogP) is 5.25. The third kappa shape index (κ3) is 7.68. The molecule has 1 aromatic heterocycles. The second-order valence-corrected chi connectivity index (χ2v) is 11.5. The van der Waals surface area contributed by atoms with Crippen LogP contribution < -0.4 is 16.0 Å². The molecule has 5 atom stereocenters. The van der Waals surface area contributed by atoms with Gasteiger partial charge in [-0.25, -0.2) is 9.78 Å². The Morgan fingerprint density at radius 2 is 1.68 bits per heavy atom. The van der Waals surface area contributed by atoms with Crippen LogP contribution in [0.3, 0.4) is 0 Å². The molecule has 44 heavy (non-hydrogen) atoms. The van der Waals surface area contributed by atoms with Crippen molar-refractivity contribution in [3.05, 3.63) is 120 Å². The van der Waals surface area contributed by atoms with Gasteiger partial charge >= 0.3 is 6.09 Å². The lowest BCUT2D eigenvalue weighted by Gasteiger charge is -2.38. The highest BCUT2D eigenvalue weighted by molar-refractivity contribution is 7.80. The molecule has 0 spiro atoms. The fraction of sp³-hybridized carbons (Fsp3) is 0.324. The highest BCUT2D eigenvalue weighted by atomic mass is 32.1. The summed E-state index contributed by atoms with van der Waals surface area (Å²) in [5, 5.41) is 9.27. The van der Waals surface area contributed by atoms with Crippen LogP contribution in [0.2, 0.25) is 0 Å². The number of methoxy groups -OCH3 is 1. The van der Waals surface area contributed by atoms with Crippen molar-refractivity contribution in [2.24, 2.45) is 0 Å². The molecule has 0 radical (unpaired) electrons. The number of H-pyrrole nitrogens is 1. The molecule has 2 heterocycles. The normalized spacial score (nSPS) is 19.6. The number of hydrogen-bond donors (Lipinski definition) is 5. The fourth-order valence-corrected chi connectivity index (χ4v) is 6.18. The van der Waals surface area contributed by atoms with Crippen molar-refractivity contribution < 1.29 is 19.1 Å². The molecule has 10 heteroatoms. The van der Waals surface area contributed by atoms with Crippen molar-refractivity contribution in [3.8, 4) is 0 Å². The number of ether oxygens (including phenoxy) is 2. The van der Waals surface area contributed by atoms with Gasteiger partial charge in [0.2, 0.25) is 5.91 Å². The van der Waals surface area contributed by atoms with Crippen LogP contribution in [0.4, 0.5) is 10.5 Å². The SMILES string of the molecule is COC(=O)N[C@H](C(=O)Nc1ccccc1CC[C@@H]1CN[C@H](C)[C@@H](C(S)c2ncc[nH]2)O1)C(c1ccccc1)c1ccccc1. The molecule has 9 nitrogen and oxygen atoms in total. The molecule has 1 fully saturated rings. The molecule has 1 aliphatic rings. The van der Waals surface area contributed by atoms with Crippen molar-refractivity contribution in [3.63, 3.8) is 0 Å². The van der Waals surface area contributed by atoms with E-state index in [0.29, 0.717) is 18.7 Å². The number of hydrogen-bond acceptors (Lipinski definition) is 7. The van der Waals surface area contributed by atoms with Gasteiger partial charge < -0.3 is 30.4 Å². The van der Waals surface area contributed by atoms with Gasteiger partial charge in [-0.15, -0.1) is 0 Å². The van der Waals surface area contributed by atoms with Gasteiger partial charge in [-0.05, 0) is 42.5 Å². The van der Waals surface area contributed by atoms with Crippen molar-refractivity contribution >= 4 is 30.3 Å². The first-order chi connectivity index (χ1) is 21.4. The fourth-order valence-electron chi connectivity index (χ4n) is 5.71. The second kappa shape index (κ2) is 15.1. The number of nitrogens with zero attached hydrogens (tertiary/aromatic N) is 1. The third-order valence-corrected chi connectivity index (χ3v) is 8.56. The maximum absolute atomic E-state index is 14.0. The van der Waals surface area contributed by atoms with E-state index in [1.54, 1.807) is 12.4 Å². The van der Waals surface area contributed by atoms with E-state index in [2.05, 4.69) is 32.8 Å². The van der Waals surface area contributed by atoms with Gasteiger partial charge in [0.1, 0.15) is 11.9 Å². The number of aromatic amines is 1. The molecule has 5 rings (SSSR count). The van der Waals surface area contributed by atoms with E-state index in [-0.39, 0.29) is 29.4 Å². The van der Waals surface area contributed by atoms with Crippen LogP contribution in [-0.2, 0) is 20.7 Å². The highest BCUT2D eigenvalue weighted by Crippen LogP contribution is 2.31. The van der Waals surface area contributed by atoms with Gasteiger partial charge in [0.25, 0.3) is 0 Å². The van der Waals surface area contributed by atoms with E-state index in [1.807, 2.05) is 84.9 Å². The zero-order valence-electron chi connectivity index (χ0n) is 24.9. The Bertz CT molecular complexity index is 1450. The Morgan fingerprint density at radius 1 is 1.02 bits per heavy atom. The van der Waals surface area contributed by atoms with Crippen LogP contribution in [-0.4, -0.2) is 59.9 Å². The molecule has 4 N–H and O–H groups in total. The number of anilines is 1. The summed E-state index contributed by atoms with van der Waals surface area (Å²) in [5.41, 5.74) is 3.45. The van der Waals surface area contributed by atoms with Gasteiger partial charge in [0.15, 0.2) is 0 Å². The van der Waals surface area contributed by atoms with Crippen LogP contribution in [0.25, 0.3) is 0 Å². The largest absolute Gasteiger partial charge is 0.453 e. The van der Waals surface area contributed by atoms with Crippen LogP contribution in [0.5, 0.6) is 0 Å². The zero-order chi connectivity index (χ0) is 30.9. The Kier molecular flexibility index (Phi) is 10.7. The smallest absolute Gasteiger partial charge is 0.407 e. The number of carbonyl (C=O) groups is 2. The number of amides is 2. The lowest BCUT2D eigenvalue weighted by atomic mass is 9.84. The summed E-state index contributed by atoms with van der Waals surface area (Å²) in [4.78, 5) is 34.1. The molecule has 1 saturated heterocycles. The summed E-state index contributed by atoms with van der Waals surface area (Å²) in [6.45, 7) is 2.81. The van der Waals surface area contributed by atoms with Crippen LogP contribution in [0.1, 0.15) is 47.0 Å². The quantitative estimate of drug-likeness (QED) is 0.148. The monoisotopic (exact) mass is 613 g/mol. The number of nitrogens with one attached hydrogen (secondary N) is 4. The topological polar surface area (TPSA) is 117 Å². The van der Waals surface area contributed by atoms with E-state index in [4.69, 9.17) is 22.1 Å². The number of para-hydroxylation sites is 1. The molecule has 1 aliphatic heterocycles. The minimum absolute atomic E-state index is 0.0427. The van der Waals surface area contributed by atoms with Crippen LogP contribution in [0.15, 0.2) is 97.3 Å². The number of thiol groups is 1. The third-order valence-electron chi connectivity index (χ3n) is 8.02. The Morgan fingerprint density at radius 3 is 2.32 bits per heavy atom. The summed E-state index contributed by atoms with van der Waals surface area (Å²) in [7, 11) is 1.29. The maximum Gasteiger partial charge on any atom is 0.407 e. The van der Waals surface area contributed by atoms with Crippen molar-refractivity contribution in [2.45, 2.75) is 55.2 Å². The summed E-state index contributed by atoms with van der Waals surface area (Å²) in [6, 6.07) is 26.3. The molecule has 1 unspecified atom stereocenters. The Labute approximate surface area is 263 Å². The van der Waals surface area contributed by atoms with E-state index < -0.39 is 18.1 Å². The minimum Gasteiger partial charge on any atom is -0.453 e. The number of carbonyl (C=O) groups excluding carboxylic acids is 2. The molecule has 4 aromatic rings. The van der Waals surface area contributed by atoms with Gasteiger partial charge in [0.05, 0.1) is 24.6 Å². The average Bonchev–Trinajstić information content (AvgIpc) is 3.60. The minimum atomic E-state index is -0.942. The number of benzene rings is 3. The summed E-state index contributed by atoms with van der Waals surface area (Å²) in [6.07, 6.45) is 4.04. The van der Waals surface area contributed by atoms with Crippen molar-refractivity contribution in [1.82, 2.24) is 20.6 Å². The van der Waals surface area contributed by atoms with E-state index in [0.717, 1.165) is 28.9 Å². The lowest BCUT2D eigenvalue weighted by Crippen LogP contribution is -2.52. The van der Waals surface area contributed by atoms with Gasteiger partial charge in [-0.1, -0.05) is 78.9 Å². The van der Waals surface area contributed by atoms with Gasteiger partial charge in [0, 0.05) is 36.6 Å². The Hall–Kier alpha value is -4.12. The number of imidazole rings is 1. The molecular formula is C34H39N5O4S. The highest BCUT2D eigenvalue weighted by Gasteiger charge is 2.35. The first-order valence-electron chi connectivity index (χ1n) is 14.8.